The Hall–Kier alpha value is -1.13. The molecule has 1 atom stereocenters. The zero-order valence-corrected chi connectivity index (χ0v) is 11.7. The Morgan fingerprint density at radius 3 is 2.89 bits per heavy atom. The van der Waals surface area contributed by atoms with Crippen molar-refractivity contribution in [3.05, 3.63) is 35.6 Å². The SMILES string of the molecule is Cl.NCCC1CCCCN1C(=O)c1cccc(F)c1. The van der Waals surface area contributed by atoms with E-state index in [1.807, 2.05) is 4.90 Å². The minimum absolute atomic E-state index is 0. The van der Waals surface area contributed by atoms with Crippen molar-refractivity contribution in [2.45, 2.75) is 31.7 Å². The normalized spacial score (nSPS) is 18.8. The summed E-state index contributed by atoms with van der Waals surface area (Å²) in [5.74, 6) is -0.444. The van der Waals surface area contributed by atoms with Crippen LogP contribution >= 0.6 is 12.4 Å². The molecule has 0 spiro atoms. The molecule has 1 saturated heterocycles. The molecule has 1 aromatic carbocycles. The van der Waals surface area contributed by atoms with Crippen LogP contribution in [0, 0.1) is 5.82 Å². The fourth-order valence-electron chi connectivity index (χ4n) is 2.55. The standard InChI is InChI=1S/C14H19FN2O.ClH/c15-12-5-3-4-11(10-12)14(18)17-9-2-1-6-13(17)7-8-16;/h3-5,10,13H,1-2,6-9,16H2;1H. The van der Waals surface area contributed by atoms with Crippen LogP contribution in [0.4, 0.5) is 4.39 Å². The Morgan fingerprint density at radius 1 is 1.42 bits per heavy atom. The van der Waals surface area contributed by atoms with Gasteiger partial charge in [-0.1, -0.05) is 6.07 Å². The van der Waals surface area contributed by atoms with Crippen molar-refractivity contribution in [2.75, 3.05) is 13.1 Å². The lowest BCUT2D eigenvalue weighted by Gasteiger charge is -2.35. The molecule has 0 radical (unpaired) electrons. The lowest BCUT2D eigenvalue weighted by atomic mass is 9.98. The number of hydrogen-bond acceptors (Lipinski definition) is 2. The lowest BCUT2D eigenvalue weighted by Crippen LogP contribution is -2.44. The first-order valence-electron chi connectivity index (χ1n) is 6.49. The van der Waals surface area contributed by atoms with Crippen molar-refractivity contribution in [2.24, 2.45) is 5.73 Å². The fraction of sp³-hybridized carbons (Fsp3) is 0.500. The molecule has 1 aromatic rings. The Balaban J connectivity index is 0.00000180. The largest absolute Gasteiger partial charge is 0.336 e. The zero-order valence-electron chi connectivity index (χ0n) is 10.8. The summed E-state index contributed by atoms with van der Waals surface area (Å²) in [7, 11) is 0. The Labute approximate surface area is 119 Å². The summed E-state index contributed by atoms with van der Waals surface area (Å²) < 4.78 is 13.1. The molecule has 0 saturated carbocycles. The van der Waals surface area contributed by atoms with E-state index >= 15 is 0 Å². The van der Waals surface area contributed by atoms with Crippen molar-refractivity contribution in [3.8, 4) is 0 Å². The van der Waals surface area contributed by atoms with Crippen molar-refractivity contribution < 1.29 is 9.18 Å². The van der Waals surface area contributed by atoms with E-state index in [9.17, 15) is 9.18 Å². The molecule has 0 aliphatic carbocycles. The molecule has 2 N–H and O–H groups in total. The van der Waals surface area contributed by atoms with Crippen LogP contribution in [0.25, 0.3) is 0 Å². The molecular formula is C14H20ClFN2O. The first-order chi connectivity index (χ1) is 8.72. The average molecular weight is 287 g/mol. The summed E-state index contributed by atoms with van der Waals surface area (Å²) in [6.45, 7) is 1.33. The monoisotopic (exact) mass is 286 g/mol. The van der Waals surface area contributed by atoms with Gasteiger partial charge in [0.05, 0.1) is 0 Å². The quantitative estimate of drug-likeness (QED) is 0.928. The summed E-state index contributed by atoms with van der Waals surface area (Å²) in [6, 6.07) is 6.10. The van der Waals surface area contributed by atoms with Crippen LogP contribution in [-0.2, 0) is 0 Å². The van der Waals surface area contributed by atoms with Crippen LogP contribution in [0.15, 0.2) is 24.3 Å². The number of piperidine rings is 1. The van der Waals surface area contributed by atoms with Gasteiger partial charge in [0.2, 0.25) is 0 Å². The molecule has 1 amide bonds. The molecule has 1 fully saturated rings. The van der Waals surface area contributed by atoms with Crippen LogP contribution in [0.5, 0.6) is 0 Å². The van der Waals surface area contributed by atoms with Crippen LogP contribution in [-0.4, -0.2) is 29.9 Å². The maximum Gasteiger partial charge on any atom is 0.254 e. The number of benzene rings is 1. The van der Waals surface area contributed by atoms with Gasteiger partial charge in [0, 0.05) is 18.2 Å². The number of amides is 1. The average Bonchev–Trinajstić information content (AvgIpc) is 2.39. The van der Waals surface area contributed by atoms with E-state index in [2.05, 4.69) is 0 Å². The van der Waals surface area contributed by atoms with E-state index in [-0.39, 0.29) is 30.2 Å². The maximum atomic E-state index is 13.1. The van der Waals surface area contributed by atoms with E-state index in [1.54, 1.807) is 12.1 Å². The van der Waals surface area contributed by atoms with Crippen LogP contribution in [0.1, 0.15) is 36.0 Å². The van der Waals surface area contributed by atoms with Gasteiger partial charge in [0.15, 0.2) is 0 Å². The second-order valence-corrected chi connectivity index (χ2v) is 4.74. The van der Waals surface area contributed by atoms with Gasteiger partial charge >= 0.3 is 0 Å². The third kappa shape index (κ3) is 3.91. The third-order valence-corrected chi connectivity index (χ3v) is 3.46. The van der Waals surface area contributed by atoms with E-state index in [4.69, 9.17) is 5.73 Å². The summed E-state index contributed by atoms with van der Waals surface area (Å²) >= 11 is 0. The number of carbonyl (C=O) groups is 1. The molecule has 5 heteroatoms. The molecule has 1 unspecified atom stereocenters. The molecule has 2 rings (SSSR count). The molecule has 106 valence electrons. The van der Waals surface area contributed by atoms with Crippen LogP contribution in [0.3, 0.4) is 0 Å². The van der Waals surface area contributed by atoms with Gasteiger partial charge in [-0.3, -0.25) is 4.79 Å². The van der Waals surface area contributed by atoms with E-state index in [0.29, 0.717) is 12.1 Å². The molecular weight excluding hydrogens is 267 g/mol. The van der Waals surface area contributed by atoms with Gasteiger partial charge in [0.25, 0.3) is 5.91 Å². The summed E-state index contributed by atoms with van der Waals surface area (Å²) in [6.07, 6.45) is 3.97. The third-order valence-electron chi connectivity index (χ3n) is 3.46. The number of carbonyl (C=O) groups excluding carboxylic acids is 1. The van der Waals surface area contributed by atoms with E-state index < -0.39 is 0 Å². The Morgan fingerprint density at radius 2 is 2.21 bits per heavy atom. The van der Waals surface area contributed by atoms with Crippen molar-refractivity contribution in [1.29, 1.82) is 0 Å². The van der Waals surface area contributed by atoms with Crippen molar-refractivity contribution in [1.82, 2.24) is 4.90 Å². The highest BCUT2D eigenvalue weighted by Gasteiger charge is 2.26. The van der Waals surface area contributed by atoms with Crippen LogP contribution in [0.2, 0.25) is 0 Å². The summed E-state index contributed by atoms with van der Waals surface area (Å²) in [5, 5.41) is 0. The van der Waals surface area contributed by atoms with E-state index in [0.717, 1.165) is 32.2 Å². The zero-order chi connectivity index (χ0) is 13.0. The number of hydrogen-bond donors (Lipinski definition) is 1. The minimum Gasteiger partial charge on any atom is -0.336 e. The number of halogens is 2. The van der Waals surface area contributed by atoms with Crippen molar-refractivity contribution >= 4 is 18.3 Å². The second kappa shape index (κ2) is 7.46. The second-order valence-electron chi connectivity index (χ2n) is 4.74. The highest BCUT2D eigenvalue weighted by Crippen LogP contribution is 2.21. The van der Waals surface area contributed by atoms with E-state index in [1.165, 1.54) is 12.1 Å². The van der Waals surface area contributed by atoms with Gasteiger partial charge in [-0.2, -0.15) is 0 Å². The number of nitrogens with two attached hydrogens (primary N) is 1. The first-order valence-corrected chi connectivity index (χ1v) is 6.49. The predicted octanol–water partition coefficient (Wildman–Crippen LogP) is 2.59. The molecule has 1 heterocycles. The van der Waals surface area contributed by atoms with Crippen LogP contribution < -0.4 is 5.73 Å². The minimum atomic E-state index is -0.367. The number of rotatable bonds is 3. The molecule has 3 nitrogen and oxygen atoms in total. The molecule has 19 heavy (non-hydrogen) atoms. The highest BCUT2D eigenvalue weighted by molar-refractivity contribution is 5.94. The summed E-state index contributed by atoms with van der Waals surface area (Å²) in [5.41, 5.74) is 6.02. The van der Waals surface area contributed by atoms with Gasteiger partial charge in [-0.15, -0.1) is 12.4 Å². The first kappa shape index (κ1) is 15.9. The van der Waals surface area contributed by atoms with Gasteiger partial charge in [-0.25, -0.2) is 4.39 Å². The molecule has 1 aliphatic rings. The molecule has 0 aromatic heterocycles. The number of nitrogens with zero attached hydrogens (tertiary/aromatic N) is 1. The fourth-order valence-corrected chi connectivity index (χ4v) is 2.55. The molecule has 0 bridgehead atoms. The Bertz CT molecular complexity index is 426. The smallest absolute Gasteiger partial charge is 0.254 e. The van der Waals surface area contributed by atoms with Gasteiger partial charge in [0.1, 0.15) is 5.82 Å². The highest BCUT2D eigenvalue weighted by atomic mass is 35.5. The topological polar surface area (TPSA) is 46.3 Å². The Kier molecular flexibility index (Phi) is 6.25. The van der Waals surface area contributed by atoms with Crippen molar-refractivity contribution in [3.63, 3.8) is 0 Å². The summed E-state index contributed by atoms with van der Waals surface area (Å²) in [4.78, 5) is 14.2. The van der Waals surface area contributed by atoms with Gasteiger partial charge < -0.3 is 10.6 Å². The lowest BCUT2D eigenvalue weighted by molar-refractivity contribution is 0.0604. The maximum absolute atomic E-state index is 13.1. The molecule has 1 aliphatic heterocycles. The number of likely N-dealkylation sites (tertiary alicyclic amines) is 1. The van der Waals surface area contributed by atoms with Gasteiger partial charge in [-0.05, 0) is 50.4 Å². The predicted molar refractivity (Wildman–Crippen MR) is 76.0 cm³/mol.